The lowest BCUT2D eigenvalue weighted by Crippen LogP contribution is -2.54. The van der Waals surface area contributed by atoms with E-state index in [2.05, 4.69) is 5.32 Å². The van der Waals surface area contributed by atoms with Gasteiger partial charge in [-0.05, 0) is 62.6 Å². The van der Waals surface area contributed by atoms with E-state index in [1.54, 1.807) is 31.2 Å². The summed E-state index contributed by atoms with van der Waals surface area (Å²) in [5.74, 6) is -1.33. The molecule has 3 aromatic carbocycles. The van der Waals surface area contributed by atoms with Gasteiger partial charge in [-0.15, -0.1) is 0 Å². The molecule has 0 radical (unpaired) electrons. The van der Waals surface area contributed by atoms with Crippen molar-refractivity contribution >= 4 is 27.5 Å². The lowest BCUT2D eigenvalue weighted by Gasteiger charge is -2.34. The molecule has 1 N–H and O–H groups in total. The number of halogens is 1. The van der Waals surface area contributed by atoms with Gasteiger partial charge in [0.25, 0.3) is 0 Å². The van der Waals surface area contributed by atoms with Crippen LogP contribution in [0.1, 0.15) is 36.1 Å². The molecule has 7 nitrogen and oxygen atoms in total. The van der Waals surface area contributed by atoms with E-state index in [1.807, 2.05) is 57.2 Å². The van der Waals surface area contributed by atoms with Gasteiger partial charge in [0.2, 0.25) is 21.8 Å². The van der Waals surface area contributed by atoms with Crippen molar-refractivity contribution in [3.05, 3.63) is 101 Å². The molecule has 0 aliphatic rings. The molecule has 0 fully saturated rings. The van der Waals surface area contributed by atoms with Gasteiger partial charge < -0.3 is 10.2 Å². The lowest BCUT2D eigenvalue weighted by atomic mass is 10.0. The van der Waals surface area contributed by atoms with E-state index in [-0.39, 0.29) is 24.9 Å². The zero-order chi connectivity index (χ0) is 28.7. The van der Waals surface area contributed by atoms with E-state index < -0.39 is 34.3 Å². The molecule has 1 unspecified atom stereocenters. The van der Waals surface area contributed by atoms with Crippen molar-refractivity contribution in [1.82, 2.24) is 10.2 Å². The van der Waals surface area contributed by atoms with Crippen molar-refractivity contribution in [2.75, 3.05) is 17.1 Å². The number of nitrogens with zero attached hydrogens (tertiary/aromatic N) is 2. The van der Waals surface area contributed by atoms with Crippen LogP contribution >= 0.6 is 0 Å². The molecular weight excluding hydrogens is 517 g/mol. The summed E-state index contributed by atoms with van der Waals surface area (Å²) in [5, 5.41) is 2.90. The minimum atomic E-state index is -3.85. The molecule has 208 valence electrons. The number of nitrogens with one attached hydrogen (secondary N) is 1. The molecule has 0 saturated carbocycles. The van der Waals surface area contributed by atoms with Crippen molar-refractivity contribution in [2.45, 2.75) is 52.7 Å². The molecule has 0 aliphatic carbocycles. The Kier molecular flexibility index (Phi) is 9.86. The van der Waals surface area contributed by atoms with Crippen molar-refractivity contribution in [1.29, 1.82) is 0 Å². The van der Waals surface area contributed by atoms with E-state index in [0.717, 1.165) is 21.7 Å². The van der Waals surface area contributed by atoms with Crippen LogP contribution in [0.3, 0.4) is 0 Å². The van der Waals surface area contributed by atoms with Crippen LogP contribution in [0, 0.1) is 19.7 Å². The monoisotopic (exact) mass is 553 g/mol. The van der Waals surface area contributed by atoms with Crippen molar-refractivity contribution in [2.24, 2.45) is 0 Å². The quantitative estimate of drug-likeness (QED) is 0.382. The molecule has 2 amide bonds. The Labute approximate surface area is 230 Å². The molecule has 3 rings (SSSR count). The Morgan fingerprint density at radius 3 is 2.13 bits per heavy atom. The molecule has 1 atom stereocenters. The first-order valence-electron chi connectivity index (χ1n) is 12.8. The zero-order valence-corrected chi connectivity index (χ0v) is 23.8. The fourth-order valence-corrected chi connectivity index (χ4v) is 5.31. The first-order valence-corrected chi connectivity index (χ1v) is 14.6. The maximum Gasteiger partial charge on any atom is 0.244 e. The average Bonchev–Trinajstić information content (AvgIpc) is 2.85. The Hall–Kier alpha value is -3.72. The van der Waals surface area contributed by atoms with Gasteiger partial charge in [-0.1, -0.05) is 60.2 Å². The Bertz CT molecular complexity index is 1390. The number of amides is 2. The van der Waals surface area contributed by atoms with E-state index in [4.69, 9.17) is 0 Å². The molecule has 0 heterocycles. The van der Waals surface area contributed by atoms with Crippen LogP contribution in [0.15, 0.2) is 72.8 Å². The molecular formula is C30H36FN3O4S. The average molecular weight is 554 g/mol. The molecule has 0 saturated heterocycles. The van der Waals surface area contributed by atoms with Crippen molar-refractivity contribution in [3.8, 4) is 0 Å². The van der Waals surface area contributed by atoms with Crippen molar-refractivity contribution < 1.29 is 22.4 Å². The number of carbonyl (C=O) groups excluding carboxylic acids is 2. The van der Waals surface area contributed by atoms with Crippen LogP contribution < -0.4 is 9.62 Å². The summed E-state index contributed by atoms with van der Waals surface area (Å²) in [5.41, 5.74) is 3.51. The Morgan fingerprint density at radius 2 is 1.56 bits per heavy atom. The topological polar surface area (TPSA) is 86.8 Å². The lowest BCUT2D eigenvalue weighted by molar-refractivity contribution is -0.140. The van der Waals surface area contributed by atoms with E-state index >= 15 is 0 Å². The number of anilines is 1. The molecule has 0 bridgehead atoms. The van der Waals surface area contributed by atoms with Crippen LogP contribution in [0.2, 0.25) is 0 Å². The van der Waals surface area contributed by atoms with E-state index in [0.29, 0.717) is 16.8 Å². The standard InChI is InChI=1S/C30H36FN3O4S/c1-21(2)32-30(36)28(18-24-9-7-6-8-10-24)33(19-25-12-14-26(31)15-13-25)29(35)20-34(39(5,37)38)27-16-11-22(3)17-23(27)4/h6-17,21,28H,18-20H2,1-5H3,(H,32,36). The van der Waals surface area contributed by atoms with Crippen LogP contribution in [0.4, 0.5) is 10.1 Å². The van der Waals surface area contributed by atoms with Crippen LogP contribution in [-0.2, 0) is 32.6 Å². The fourth-order valence-electron chi connectivity index (χ4n) is 4.40. The summed E-state index contributed by atoms with van der Waals surface area (Å²) in [6.07, 6.45) is 1.27. The van der Waals surface area contributed by atoms with Crippen molar-refractivity contribution in [3.63, 3.8) is 0 Å². The minimum Gasteiger partial charge on any atom is -0.352 e. The highest BCUT2D eigenvalue weighted by Crippen LogP contribution is 2.25. The van der Waals surface area contributed by atoms with Crippen LogP contribution in [0.5, 0.6) is 0 Å². The summed E-state index contributed by atoms with van der Waals surface area (Å²) in [6, 6.07) is 19.2. The molecule has 0 aliphatic heterocycles. The van der Waals surface area contributed by atoms with Gasteiger partial charge in [0.1, 0.15) is 18.4 Å². The number of carbonyl (C=O) groups is 2. The molecule has 0 spiro atoms. The molecule has 3 aromatic rings. The maximum atomic E-state index is 14.0. The highest BCUT2D eigenvalue weighted by Gasteiger charge is 2.33. The van der Waals surface area contributed by atoms with Crippen LogP contribution in [0.25, 0.3) is 0 Å². The number of hydrogen-bond acceptors (Lipinski definition) is 4. The van der Waals surface area contributed by atoms with Gasteiger partial charge in [-0.2, -0.15) is 0 Å². The summed E-state index contributed by atoms with van der Waals surface area (Å²) in [6.45, 7) is 6.84. The first-order chi connectivity index (χ1) is 18.3. The first kappa shape index (κ1) is 29.8. The summed E-state index contributed by atoms with van der Waals surface area (Å²) in [7, 11) is -3.85. The number of sulfonamides is 1. The van der Waals surface area contributed by atoms with Gasteiger partial charge >= 0.3 is 0 Å². The zero-order valence-electron chi connectivity index (χ0n) is 23.0. The summed E-state index contributed by atoms with van der Waals surface area (Å²) < 4.78 is 40.5. The molecule has 0 aromatic heterocycles. The van der Waals surface area contributed by atoms with Gasteiger partial charge in [0.05, 0.1) is 11.9 Å². The molecule has 39 heavy (non-hydrogen) atoms. The van der Waals surface area contributed by atoms with Gasteiger partial charge in [-0.3, -0.25) is 13.9 Å². The SMILES string of the molecule is Cc1ccc(N(CC(=O)N(Cc2ccc(F)cc2)C(Cc2ccccc2)C(=O)NC(C)C)S(C)(=O)=O)c(C)c1. The highest BCUT2D eigenvalue weighted by atomic mass is 32.2. The summed E-state index contributed by atoms with van der Waals surface area (Å²) in [4.78, 5) is 28.9. The Morgan fingerprint density at radius 1 is 0.923 bits per heavy atom. The second-order valence-electron chi connectivity index (χ2n) is 10.1. The third-order valence-electron chi connectivity index (χ3n) is 6.27. The smallest absolute Gasteiger partial charge is 0.244 e. The van der Waals surface area contributed by atoms with E-state index in [9.17, 15) is 22.4 Å². The Balaban J connectivity index is 2.07. The number of benzene rings is 3. The predicted molar refractivity (Wildman–Crippen MR) is 152 cm³/mol. The second kappa shape index (κ2) is 12.9. The second-order valence-corrected chi connectivity index (χ2v) is 12.0. The number of aryl methyl sites for hydroxylation is 2. The van der Waals surface area contributed by atoms with Gasteiger partial charge in [0.15, 0.2) is 0 Å². The van der Waals surface area contributed by atoms with E-state index in [1.165, 1.54) is 17.0 Å². The number of rotatable bonds is 11. The predicted octanol–water partition coefficient (Wildman–Crippen LogP) is 4.37. The number of hydrogen-bond donors (Lipinski definition) is 1. The maximum absolute atomic E-state index is 14.0. The third kappa shape index (κ3) is 8.38. The minimum absolute atomic E-state index is 0.00733. The largest absolute Gasteiger partial charge is 0.352 e. The van der Waals surface area contributed by atoms with Crippen LogP contribution in [-0.4, -0.2) is 50.0 Å². The van der Waals surface area contributed by atoms with Gasteiger partial charge in [-0.25, -0.2) is 12.8 Å². The normalized spacial score (nSPS) is 12.2. The highest BCUT2D eigenvalue weighted by molar-refractivity contribution is 7.92. The third-order valence-corrected chi connectivity index (χ3v) is 7.39. The summed E-state index contributed by atoms with van der Waals surface area (Å²) >= 11 is 0. The molecule has 9 heteroatoms. The fraction of sp³-hybridized carbons (Fsp3) is 0.333. The van der Waals surface area contributed by atoms with Gasteiger partial charge in [0, 0.05) is 19.0 Å².